The van der Waals surface area contributed by atoms with E-state index in [0.717, 1.165) is 53.9 Å². The molecule has 0 bridgehead atoms. The summed E-state index contributed by atoms with van der Waals surface area (Å²) in [5.41, 5.74) is 2.20. The van der Waals surface area contributed by atoms with Crippen LogP contribution in [-0.2, 0) is 34.0 Å². The summed E-state index contributed by atoms with van der Waals surface area (Å²) in [5.74, 6) is -1.89. The van der Waals surface area contributed by atoms with Crippen LogP contribution in [0.5, 0.6) is 5.75 Å². The van der Waals surface area contributed by atoms with Gasteiger partial charge in [0.1, 0.15) is 29.0 Å². The Hall–Kier alpha value is -3.47. The van der Waals surface area contributed by atoms with Crippen molar-refractivity contribution < 1.29 is 36.5 Å². The zero-order valence-corrected chi connectivity index (χ0v) is 25.4. The summed E-state index contributed by atoms with van der Waals surface area (Å²) >= 11 is 0. The largest absolute Gasteiger partial charge is 0.494 e. The first-order valence-electron chi connectivity index (χ1n) is 14.6. The molecule has 1 fully saturated rings. The second-order valence-electron chi connectivity index (χ2n) is 10.7. The summed E-state index contributed by atoms with van der Waals surface area (Å²) < 4.78 is 80.1. The Morgan fingerprint density at radius 2 is 1.22 bits per heavy atom. The van der Waals surface area contributed by atoms with E-state index in [2.05, 4.69) is 5.32 Å². The summed E-state index contributed by atoms with van der Waals surface area (Å²) in [4.78, 5) is 0. The summed E-state index contributed by atoms with van der Waals surface area (Å²) in [6, 6.07) is 24.0. The summed E-state index contributed by atoms with van der Waals surface area (Å²) in [5, 5.41) is 3.25. The molecule has 5 rings (SSSR count). The van der Waals surface area contributed by atoms with Crippen molar-refractivity contribution in [2.75, 3.05) is 26.3 Å². The fraction of sp³-hybridized carbons (Fsp3) is 0.314. The lowest BCUT2D eigenvalue weighted by Crippen LogP contribution is -2.50. The first kappa shape index (κ1) is 34.4. The lowest BCUT2D eigenvalue weighted by molar-refractivity contribution is -0.0659. The number of benzene rings is 4. The molecule has 1 aliphatic heterocycles. The van der Waals surface area contributed by atoms with Crippen LogP contribution >= 0.6 is 12.4 Å². The molecular formula is C35H36ClF4NO4. The SMILES string of the molecule is Cl.Fc1ccc(F)c(CO[C@H]2CNC[C@@H](OCc3cc(F)ccc3F)[C@H]2c2ccc(OCCCOCc3ccccc3)cc2)c1. The van der Waals surface area contributed by atoms with E-state index in [0.29, 0.717) is 38.7 Å². The van der Waals surface area contributed by atoms with Crippen molar-refractivity contribution >= 4 is 12.4 Å². The highest BCUT2D eigenvalue weighted by Gasteiger charge is 2.36. The normalized spacial score (nSPS) is 17.9. The first-order chi connectivity index (χ1) is 21.5. The van der Waals surface area contributed by atoms with E-state index in [1.807, 2.05) is 54.6 Å². The first-order valence-corrected chi connectivity index (χ1v) is 14.6. The minimum absolute atomic E-state index is 0. The molecular weight excluding hydrogens is 610 g/mol. The molecule has 3 atom stereocenters. The molecule has 0 unspecified atom stereocenters. The van der Waals surface area contributed by atoms with Crippen molar-refractivity contribution in [3.05, 3.63) is 137 Å². The van der Waals surface area contributed by atoms with Crippen LogP contribution in [0.3, 0.4) is 0 Å². The second-order valence-corrected chi connectivity index (χ2v) is 10.7. The van der Waals surface area contributed by atoms with Gasteiger partial charge in [0.05, 0.1) is 45.2 Å². The minimum atomic E-state index is -0.562. The van der Waals surface area contributed by atoms with Gasteiger partial charge in [0.15, 0.2) is 0 Å². The van der Waals surface area contributed by atoms with E-state index < -0.39 is 35.5 Å². The zero-order chi connectivity index (χ0) is 30.7. The third-order valence-electron chi connectivity index (χ3n) is 7.49. The Labute approximate surface area is 266 Å². The van der Waals surface area contributed by atoms with Crippen molar-refractivity contribution in [1.82, 2.24) is 5.32 Å². The van der Waals surface area contributed by atoms with Gasteiger partial charge in [-0.3, -0.25) is 0 Å². The van der Waals surface area contributed by atoms with Crippen molar-refractivity contribution in [2.24, 2.45) is 0 Å². The van der Waals surface area contributed by atoms with E-state index in [9.17, 15) is 17.6 Å². The molecule has 10 heteroatoms. The number of nitrogens with one attached hydrogen (secondary N) is 1. The molecule has 240 valence electrons. The summed E-state index contributed by atoms with van der Waals surface area (Å²) in [6.07, 6.45) is -0.244. The van der Waals surface area contributed by atoms with Gasteiger partial charge in [-0.05, 0) is 59.7 Å². The molecule has 4 aromatic carbocycles. The number of halogens is 5. The minimum Gasteiger partial charge on any atom is -0.494 e. The van der Waals surface area contributed by atoms with Gasteiger partial charge in [-0.2, -0.15) is 0 Å². The lowest BCUT2D eigenvalue weighted by Gasteiger charge is -2.39. The summed E-state index contributed by atoms with van der Waals surface area (Å²) in [6.45, 7) is 2.16. The molecule has 0 aliphatic carbocycles. The third-order valence-corrected chi connectivity index (χ3v) is 7.49. The predicted molar refractivity (Wildman–Crippen MR) is 165 cm³/mol. The van der Waals surface area contributed by atoms with Crippen LogP contribution in [0.15, 0.2) is 91.0 Å². The Kier molecular flexibility index (Phi) is 13.2. The average molecular weight is 646 g/mol. The zero-order valence-electron chi connectivity index (χ0n) is 24.6. The quantitative estimate of drug-likeness (QED) is 0.114. The predicted octanol–water partition coefficient (Wildman–Crippen LogP) is 7.51. The monoisotopic (exact) mass is 645 g/mol. The van der Waals surface area contributed by atoms with E-state index >= 15 is 0 Å². The highest BCUT2D eigenvalue weighted by Crippen LogP contribution is 2.33. The second kappa shape index (κ2) is 17.3. The van der Waals surface area contributed by atoms with E-state index in [4.69, 9.17) is 18.9 Å². The van der Waals surface area contributed by atoms with E-state index in [-0.39, 0.29) is 42.7 Å². The number of rotatable bonds is 14. The summed E-state index contributed by atoms with van der Waals surface area (Å²) in [7, 11) is 0. The standard InChI is InChI=1S/C35H35F4NO4.ClH/c36-28-9-13-31(38)26(17-28)22-43-33-19-40-20-34(44-23-27-18-29(37)10-14-32(27)39)35(33)25-7-11-30(12-8-25)42-16-4-15-41-21-24-5-2-1-3-6-24;/h1-3,5-14,17-18,33-35,40H,4,15-16,19-23H2;1H/t33-,34+,35-;. The van der Waals surface area contributed by atoms with Gasteiger partial charge in [0.25, 0.3) is 0 Å². The van der Waals surface area contributed by atoms with Crippen LogP contribution in [-0.4, -0.2) is 38.5 Å². The van der Waals surface area contributed by atoms with Crippen molar-refractivity contribution in [3.63, 3.8) is 0 Å². The van der Waals surface area contributed by atoms with Gasteiger partial charge in [-0.15, -0.1) is 12.4 Å². The number of hydrogen-bond donors (Lipinski definition) is 1. The number of hydrogen-bond acceptors (Lipinski definition) is 5. The van der Waals surface area contributed by atoms with Crippen LogP contribution in [0.4, 0.5) is 17.6 Å². The van der Waals surface area contributed by atoms with Crippen LogP contribution in [0.2, 0.25) is 0 Å². The fourth-order valence-corrected chi connectivity index (χ4v) is 5.22. The van der Waals surface area contributed by atoms with Crippen LogP contribution < -0.4 is 10.1 Å². The topological polar surface area (TPSA) is 49.0 Å². The maximum atomic E-state index is 14.3. The maximum Gasteiger partial charge on any atom is 0.128 e. The van der Waals surface area contributed by atoms with Crippen molar-refractivity contribution in [1.29, 1.82) is 0 Å². The van der Waals surface area contributed by atoms with Crippen molar-refractivity contribution in [2.45, 2.75) is 44.4 Å². The van der Waals surface area contributed by atoms with Gasteiger partial charge in [-0.25, -0.2) is 17.6 Å². The number of piperidine rings is 1. The van der Waals surface area contributed by atoms with Gasteiger partial charge < -0.3 is 24.3 Å². The van der Waals surface area contributed by atoms with E-state index in [1.54, 1.807) is 0 Å². The highest BCUT2D eigenvalue weighted by atomic mass is 35.5. The highest BCUT2D eigenvalue weighted by molar-refractivity contribution is 5.85. The molecule has 0 amide bonds. The van der Waals surface area contributed by atoms with Crippen LogP contribution in [0.1, 0.15) is 34.6 Å². The molecule has 0 radical (unpaired) electrons. The molecule has 0 spiro atoms. The van der Waals surface area contributed by atoms with Gasteiger partial charge in [-0.1, -0.05) is 42.5 Å². The molecule has 1 heterocycles. The average Bonchev–Trinajstić information content (AvgIpc) is 3.04. The molecule has 5 nitrogen and oxygen atoms in total. The lowest BCUT2D eigenvalue weighted by atomic mass is 9.85. The van der Waals surface area contributed by atoms with Crippen LogP contribution in [0, 0.1) is 23.3 Å². The molecule has 1 aliphatic rings. The molecule has 1 N–H and O–H groups in total. The Morgan fingerprint density at radius 3 is 1.80 bits per heavy atom. The molecule has 0 saturated carbocycles. The van der Waals surface area contributed by atoms with Crippen molar-refractivity contribution in [3.8, 4) is 5.75 Å². The molecule has 45 heavy (non-hydrogen) atoms. The Balaban J connectivity index is 0.00000461. The van der Waals surface area contributed by atoms with Gasteiger partial charge in [0.2, 0.25) is 0 Å². The number of ether oxygens (including phenoxy) is 4. The van der Waals surface area contributed by atoms with Gasteiger partial charge >= 0.3 is 0 Å². The molecule has 4 aromatic rings. The third kappa shape index (κ3) is 10.0. The van der Waals surface area contributed by atoms with E-state index in [1.165, 1.54) is 0 Å². The smallest absolute Gasteiger partial charge is 0.128 e. The van der Waals surface area contributed by atoms with Gasteiger partial charge in [0, 0.05) is 36.6 Å². The Bertz CT molecular complexity index is 1420. The van der Waals surface area contributed by atoms with Crippen LogP contribution in [0.25, 0.3) is 0 Å². The molecule has 1 saturated heterocycles. The maximum absolute atomic E-state index is 14.3. The fourth-order valence-electron chi connectivity index (χ4n) is 5.22. The Morgan fingerprint density at radius 1 is 0.644 bits per heavy atom. The molecule has 0 aromatic heterocycles.